The lowest BCUT2D eigenvalue weighted by Crippen LogP contribution is -2.33. The van der Waals surface area contributed by atoms with Gasteiger partial charge in [0.15, 0.2) is 0 Å². The van der Waals surface area contributed by atoms with Gasteiger partial charge in [0.25, 0.3) is 5.91 Å². The van der Waals surface area contributed by atoms with Crippen LogP contribution in [-0.4, -0.2) is 35.9 Å². The van der Waals surface area contributed by atoms with E-state index in [0.717, 1.165) is 0 Å². The Labute approximate surface area is 65.8 Å². The molecule has 0 aliphatic rings. The molecule has 0 unspecified atom stereocenters. The van der Waals surface area contributed by atoms with Crippen LogP contribution in [0, 0.1) is 0 Å². The van der Waals surface area contributed by atoms with Gasteiger partial charge in [0.1, 0.15) is 0 Å². The third-order valence-electron chi connectivity index (χ3n) is 1.20. The molecule has 58 valence electrons. The number of hydrogen-bond donors (Lipinski definition) is 1. The first-order valence-electron chi connectivity index (χ1n) is 3.02. The van der Waals surface area contributed by atoms with Gasteiger partial charge < -0.3 is 4.90 Å². The smallest absolute Gasteiger partial charge is 0.290 e. The van der Waals surface area contributed by atoms with Crippen molar-refractivity contribution >= 4 is 24.3 Å². The van der Waals surface area contributed by atoms with Crippen molar-refractivity contribution in [2.75, 3.05) is 19.3 Å². The van der Waals surface area contributed by atoms with Gasteiger partial charge >= 0.3 is 0 Å². The molecule has 0 radical (unpaired) electrons. The zero-order chi connectivity index (χ0) is 8.15. The van der Waals surface area contributed by atoms with Crippen molar-refractivity contribution in [3.8, 4) is 0 Å². The van der Waals surface area contributed by atoms with Crippen LogP contribution in [0.25, 0.3) is 0 Å². The number of nitrogens with zero attached hydrogens (tertiary/aromatic N) is 1. The highest BCUT2D eigenvalue weighted by molar-refractivity contribution is 7.81. The first-order valence-corrected chi connectivity index (χ1v) is 3.65. The predicted molar refractivity (Wildman–Crippen MR) is 42.2 cm³/mol. The van der Waals surface area contributed by atoms with Crippen molar-refractivity contribution < 1.29 is 9.59 Å². The van der Waals surface area contributed by atoms with Crippen LogP contribution in [-0.2, 0) is 9.59 Å². The highest BCUT2D eigenvalue weighted by Gasteiger charge is 2.14. The first kappa shape index (κ1) is 9.49. The zero-order valence-corrected chi connectivity index (χ0v) is 7.02. The number of Topliss-reactive ketones (excluding diaryl/α,β-unsaturated/α-hetero) is 1. The van der Waals surface area contributed by atoms with Gasteiger partial charge in [-0.05, 0) is 6.92 Å². The molecule has 0 aromatic heterocycles. The molecule has 4 heteroatoms. The van der Waals surface area contributed by atoms with E-state index in [1.54, 1.807) is 7.05 Å². The second-order valence-electron chi connectivity index (χ2n) is 1.90. The molecule has 0 aliphatic heterocycles. The Hall–Kier alpha value is -0.510. The average Bonchev–Trinajstić information content (AvgIpc) is 2.00. The Morgan fingerprint density at radius 1 is 1.50 bits per heavy atom. The Kier molecular flexibility index (Phi) is 4.11. The molecule has 0 atom stereocenters. The number of rotatable bonds is 3. The molecule has 3 nitrogen and oxygen atoms in total. The highest BCUT2D eigenvalue weighted by atomic mass is 32.1. The molecular formula is C6H11NO2S. The fourth-order valence-electron chi connectivity index (χ4n) is 0.424. The lowest BCUT2D eigenvalue weighted by molar-refractivity contribution is -0.142. The molecule has 0 saturated carbocycles. The molecule has 0 bridgehead atoms. The summed E-state index contributed by atoms with van der Waals surface area (Å²) in [6, 6.07) is 0. The summed E-state index contributed by atoms with van der Waals surface area (Å²) in [5.74, 6) is -0.923. The summed E-state index contributed by atoms with van der Waals surface area (Å²) < 4.78 is 0. The molecule has 0 fully saturated rings. The number of carbonyl (C=O) groups is 2. The van der Waals surface area contributed by atoms with Gasteiger partial charge in [-0.25, -0.2) is 0 Å². The standard InChI is InChI=1S/C6H11NO2S/c1-3-7(2)6(9)5(8)4-10/h10H,3-4H2,1-2H3. The molecule has 0 N–H and O–H groups in total. The molecular weight excluding hydrogens is 150 g/mol. The van der Waals surface area contributed by atoms with Crippen molar-refractivity contribution in [3.63, 3.8) is 0 Å². The maximum atomic E-state index is 10.8. The lowest BCUT2D eigenvalue weighted by atomic mass is 10.4. The number of amides is 1. The molecule has 0 saturated heterocycles. The maximum absolute atomic E-state index is 10.8. The monoisotopic (exact) mass is 161 g/mol. The van der Waals surface area contributed by atoms with E-state index < -0.39 is 11.7 Å². The van der Waals surface area contributed by atoms with Crippen LogP contribution in [0.2, 0.25) is 0 Å². The van der Waals surface area contributed by atoms with Gasteiger partial charge in [0.2, 0.25) is 5.78 Å². The minimum Gasteiger partial charge on any atom is -0.339 e. The Morgan fingerprint density at radius 3 is 2.30 bits per heavy atom. The minimum atomic E-state index is -0.461. The number of hydrogen-bond acceptors (Lipinski definition) is 3. The van der Waals surface area contributed by atoms with Crippen LogP contribution in [0.3, 0.4) is 0 Å². The van der Waals surface area contributed by atoms with Crippen LogP contribution < -0.4 is 0 Å². The first-order chi connectivity index (χ1) is 4.63. The van der Waals surface area contributed by atoms with Crippen molar-refractivity contribution in [1.82, 2.24) is 4.90 Å². The summed E-state index contributed by atoms with van der Waals surface area (Å²) in [6.45, 7) is 2.36. The zero-order valence-electron chi connectivity index (χ0n) is 6.13. The molecule has 0 heterocycles. The minimum absolute atomic E-state index is 0.0107. The Balaban J connectivity index is 3.95. The molecule has 0 rings (SSSR count). The summed E-state index contributed by atoms with van der Waals surface area (Å²) in [5, 5.41) is 0. The Bertz CT molecular complexity index is 147. The van der Waals surface area contributed by atoms with Crippen LogP contribution in [0.1, 0.15) is 6.92 Å². The maximum Gasteiger partial charge on any atom is 0.290 e. The van der Waals surface area contributed by atoms with Crippen LogP contribution in [0.15, 0.2) is 0 Å². The van der Waals surface area contributed by atoms with Crippen molar-refractivity contribution in [2.45, 2.75) is 6.92 Å². The van der Waals surface area contributed by atoms with Crippen LogP contribution >= 0.6 is 12.6 Å². The second-order valence-corrected chi connectivity index (χ2v) is 2.22. The summed E-state index contributed by atoms with van der Waals surface area (Å²) in [4.78, 5) is 22.8. The van der Waals surface area contributed by atoms with Gasteiger partial charge in [0.05, 0.1) is 5.75 Å². The molecule has 0 spiro atoms. The predicted octanol–water partition coefficient (Wildman–Crippen LogP) is -0.0364. The van der Waals surface area contributed by atoms with Gasteiger partial charge in [-0.15, -0.1) is 0 Å². The summed E-state index contributed by atoms with van der Waals surface area (Å²) in [5.41, 5.74) is 0. The molecule has 1 amide bonds. The fourth-order valence-corrected chi connectivity index (χ4v) is 0.559. The van der Waals surface area contributed by atoms with Gasteiger partial charge in [-0.2, -0.15) is 12.6 Å². The van der Waals surface area contributed by atoms with Gasteiger partial charge in [-0.3, -0.25) is 9.59 Å². The van der Waals surface area contributed by atoms with E-state index >= 15 is 0 Å². The number of carbonyl (C=O) groups excluding carboxylic acids is 2. The quantitative estimate of drug-likeness (QED) is 0.466. The summed E-state index contributed by atoms with van der Waals surface area (Å²) in [7, 11) is 1.59. The van der Waals surface area contributed by atoms with E-state index in [9.17, 15) is 9.59 Å². The molecule has 0 aromatic rings. The number of likely N-dealkylation sites (N-methyl/N-ethyl adjacent to an activating group) is 1. The number of thiol groups is 1. The summed E-state index contributed by atoms with van der Waals surface area (Å²) in [6.07, 6.45) is 0. The third-order valence-corrected chi connectivity index (χ3v) is 1.49. The van der Waals surface area contributed by atoms with Crippen LogP contribution in [0.4, 0.5) is 0 Å². The van der Waals surface area contributed by atoms with E-state index in [4.69, 9.17) is 0 Å². The van der Waals surface area contributed by atoms with E-state index in [2.05, 4.69) is 12.6 Å². The fraction of sp³-hybridized carbons (Fsp3) is 0.667. The van der Waals surface area contributed by atoms with Crippen molar-refractivity contribution in [3.05, 3.63) is 0 Å². The highest BCUT2D eigenvalue weighted by Crippen LogP contribution is 1.87. The SMILES string of the molecule is CCN(C)C(=O)C(=O)CS. The van der Waals surface area contributed by atoms with Crippen molar-refractivity contribution in [1.29, 1.82) is 0 Å². The van der Waals surface area contributed by atoms with E-state index in [-0.39, 0.29) is 5.75 Å². The number of ketones is 1. The summed E-state index contributed by atoms with van der Waals surface area (Å²) >= 11 is 3.69. The molecule has 0 aromatic carbocycles. The van der Waals surface area contributed by atoms with Crippen molar-refractivity contribution in [2.24, 2.45) is 0 Å². The lowest BCUT2D eigenvalue weighted by Gasteiger charge is -2.11. The average molecular weight is 161 g/mol. The normalized spacial score (nSPS) is 9.10. The topological polar surface area (TPSA) is 37.4 Å². The second kappa shape index (κ2) is 4.33. The molecule has 10 heavy (non-hydrogen) atoms. The largest absolute Gasteiger partial charge is 0.339 e. The van der Waals surface area contributed by atoms with Crippen LogP contribution in [0.5, 0.6) is 0 Å². The Morgan fingerprint density at radius 2 is 2.00 bits per heavy atom. The third kappa shape index (κ3) is 2.39. The molecule has 0 aliphatic carbocycles. The van der Waals surface area contributed by atoms with Gasteiger partial charge in [-0.1, -0.05) is 0 Å². The van der Waals surface area contributed by atoms with E-state index in [1.807, 2.05) is 6.92 Å². The van der Waals surface area contributed by atoms with E-state index in [0.29, 0.717) is 6.54 Å². The van der Waals surface area contributed by atoms with E-state index in [1.165, 1.54) is 4.90 Å². The van der Waals surface area contributed by atoms with Gasteiger partial charge in [0, 0.05) is 13.6 Å².